The zero-order valence-corrected chi connectivity index (χ0v) is 8.17. The minimum atomic E-state index is -0.903. The summed E-state index contributed by atoms with van der Waals surface area (Å²) in [5, 5.41) is 8.72. The average molecular weight is 206 g/mol. The molecule has 0 bridgehead atoms. The van der Waals surface area contributed by atoms with Crippen LogP contribution in [0.4, 0.5) is 0 Å². The largest absolute Gasteiger partial charge is 0.494 e. The third kappa shape index (κ3) is 1.63. The summed E-state index contributed by atoms with van der Waals surface area (Å²) in [4.78, 5) is 14.7. The maximum atomic E-state index is 10.6. The van der Waals surface area contributed by atoms with Crippen molar-refractivity contribution >= 4 is 17.0 Å². The molecule has 0 saturated carbocycles. The topological polar surface area (TPSA) is 64.4 Å². The van der Waals surface area contributed by atoms with Crippen LogP contribution in [0, 0.1) is 0 Å². The zero-order valence-electron chi connectivity index (χ0n) is 8.17. The average Bonchev–Trinajstić information content (AvgIpc) is 2.61. The molecule has 0 spiro atoms. The van der Waals surface area contributed by atoms with Crippen LogP contribution < -0.4 is 4.74 Å². The van der Waals surface area contributed by atoms with E-state index >= 15 is 0 Å². The van der Waals surface area contributed by atoms with Crippen LogP contribution in [-0.4, -0.2) is 27.7 Å². The standard InChI is InChI=1S/C10H10N2O3/c1-15-8-4-2-3-7-10(8)12(6-11-7)5-9(13)14/h2-4,6H,5H2,1H3,(H,13,14). The smallest absolute Gasteiger partial charge is 0.323 e. The lowest BCUT2D eigenvalue weighted by molar-refractivity contribution is -0.137. The van der Waals surface area contributed by atoms with Gasteiger partial charge in [0.25, 0.3) is 0 Å². The number of aliphatic carboxylic acids is 1. The van der Waals surface area contributed by atoms with Crippen LogP contribution in [0.15, 0.2) is 24.5 Å². The number of fused-ring (bicyclic) bond motifs is 1. The van der Waals surface area contributed by atoms with Crippen molar-refractivity contribution in [3.8, 4) is 5.75 Å². The van der Waals surface area contributed by atoms with Crippen molar-refractivity contribution in [1.82, 2.24) is 9.55 Å². The monoisotopic (exact) mass is 206 g/mol. The number of hydrogen-bond donors (Lipinski definition) is 1. The minimum absolute atomic E-state index is 0.114. The molecule has 5 heteroatoms. The number of rotatable bonds is 3. The van der Waals surface area contributed by atoms with E-state index in [1.165, 1.54) is 6.33 Å². The summed E-state index contributed by atoms with van der Waals surface area (Å²) in [5.74, 6) is -0.272. The Balaban J connectivity index is 2.60. The van der Waals surface area contributed by atoms with Gasteiger partial charge in [-0.15, -0.1) is 0 Å². The number of carboxylic acids is 1. The van der Waals surface area contributed by atoms with Crippen molar-refractivity contribution in [3.63, 3.8) is 0 Å². The van der Waals surface area contributed by atoms with Crippen molar-refractivity contribution < 1.29 is 14.6 Å². The number of ether oxygens (including phenoxy) is 1. The van der Waals surface area contributed by atoms with E-state index in [2.05, 4.69) is 4.98 Å². The van der Waals surface area contributed by atoms with E-state index in [0.29, 0.717) is 11.3 Å². The molecule has 0 fully saturated rings. The number of benzene rings is 1. The van der Waals surface area contributed by atoms with Gasteiger partial charge in [-0.1, -0.05) is 6.07 Å². The second kappa shape index (κ2) is 3.61. The fraction of sp³-hybridized carbons (Fsp3) is 0.200. The van der Waals surface area contributed by atoms with Crippen LogP contribution in [0.5, 0.6) is 5.75 Å². The van der Waals surface area contributed by atoms with Gasteiger partial charge in [-0.3, -0.25) is 4.79 Å². The first kappa shape index (κ1) is 9.51. The number of aromatic nitrogens is 2. The highest BCUT2D eigenvalue weighted by Crippen LogP contribution is 2.24. The van der Waals surface area contributed by atoms with Crippen molar-refractivity contribution in [3.05, 3.63) is 24.5 Å². The number of carbonyl (C=O) groups is 1. The van der Waals surface area contributed by atoms with Crippen LogP contribution in [0.2, 0.25) is 0 Å². The van der Waals surface area contributed by atoms with Crippen LogP contribution >= 0.6 is 0 Å². The third-order valence-corrected chi connectivity index (χ3v) is 2.13. The lowest BCUT2D eigenvalue weighted by atomic mass is 10.3. The number of hydrogen-bond acceptors (Lipinski definition) is 3. The van der Waals surface area contributed by atoms with Gasteiger partial charge in [0.1, 0.15) is 17.8 Å². The SMILES string of the molecule is COc1cccc2ncn(CC(=O)O)c12. The molecule has 0 unspecified atom stereocenters. The summed E-state index contributed by atoms with van der Waals surface area (Å²) >= 11 is 0. The Morgan fingerprint density at radius 2 is 2.40 bits per heavy atom. The molecule has 0 atom stereocenters. The molecule has 78 valence electrons. The summed E-state index contributed by atoms with van der Waals surface area (Å²) in [6.07, 6.45) is 1.50. The molecule has 1 N–H and O–H groups in total. The summed E-state index contributed by atoms with van der Waals surface area (Å²) in [6.45, 7) is -0.114. The Kier molecular flexibility index (Phi) is 2.29. The molecule has 0 saturated heterocycles. The first-order valence-corrected chi connectivity index (χ1v) is 4.42. The molecule has 0 aliphatic carbocycles. The summed E-state index contributed by atoms with van der Waals surface area (Å²) < 4.78 is 6.71. The molecule has 1 aromatic heterocycles. The van der Waals surface area contributed by atoms with Gasteiger partial charge in [0, 0.05) is 0 Å². The van der Waals surface area contributed by atoms with Crippen molar-refractivity contribution in [2.45, 2.75) is 6.54 Å². The van der Waals surface area contributed by atoms with Gasteiger partial charge in [-0.05, 0) is 12.1 Å². The maximum absolute atomic E-state index is 10.6. The second-order valence-corrected chi connectivity index (χ2v) is 3.09. The predicted molar refractivity (Wildman–Crippen MR) is 53.9 cm³/mol. The number of para-hydroxylation sites is 1. The first-order valence-electron chi connectivity index (χ1n) is 4.42. The van der Waals surface area contributed by atoms with Crippen LogP contribution in [-0.2, 0) is 11.3 Å². The number of carboxylic acid groups (broad SMARTS) is 1. The molecule has 0 aliphatic rings. The second-order valence-electron chi connectivity index (χ2n) is 3.09. The highest BCUT2D eigenvalue weighted by molar-refractivity contribution is 5.83. The first-order chi connectivity index (χ1) is 7.22. The molecule has 0 radical (unpaired) electrons. The van der Waals surface area contributed by atoms with Crippen molar-refractivity contribution in [1.29, 1.82) is 0 Å². The molecule has 5 nitrogen and oxygen atoms in total. The minimum Gasteiger partial charge on any atom is -0.494 e. The molecule has 0 amide bonds. The lowest BCUT2D eigenvalue weighted by Crippen LogP contribution is -2.07. The Bertz CT molecular complexity index is 504. The van der Waals surface area contributed by atoms with Crippen molar-refractivity contribution in [2.75, 3.05) is 7.11 Å². The number of methoxy groups -OCH3 is 1. The summed E-state index contributed by atoms with van der Waals surface area (Å²) in [6, 6.07) is 5.41. The molecule has 2 rings (SSSR count). The zero-order chi connectivity index (χ0) is 10.8. The van der Waals surface area contributed by atoms with Gasteiger partial charge in [0.15, 0.2) is 0 Å². The molecule has 1 heterocycles. The third-order valence-electron chi connectivity index (χ3n) is 2.13. The quantitative estimate of drug-likeness (QED) is 0.817. The maximum Gasteiger partial charge on any atom is 0.323 e. The normalized spacial score (nSPS) is 10.5. The molecular formula is C10H10N2O3. The number of nitrogens with zero attached hydrogens (tertiary/aromatic N) is 2. The van der Waals surface area contributed by atoms with E-state index in [-0.39, 0.29) is 6.54 Å². The highest BCUT2D eigenvalue weighted by Gasteiger charge is 2.09. The summed E-state index contributed by atoms with van der Waals surface area (Å²) in [5.41, 5.74) is 1.44. The van der Waals surface area contributed by atoms with E-state index in [0.717, 1.165) is 5.52 Å². The fourth-order valence-corrected chi connectivity index (χ4v) is 1.52. The van der Waals surface area contributed by atoms with Crippen LogP contribution in [0.25, 0.3) is 11.0 Å². The van der Waals surface area contributed by atoms with Gasteiger partial charge >= 0.3 is 5.97 Å². The Labute approximate surface area is 85.9 Å². The Hall–Kier alpha value is -2.04. The molecule has 1 aromatic carbocycles. The van der Waals surface area contributed by atoms with Gasteiger partial charge < -0.3 is 14.4 Å². The number of imidazole rings is 1. The molecule has 2 aromatic rings. The molecule has 15 heavy (non-hydrogen) atoms. The molecule has 0 aliphatic heterocycles. The van der Waals surface area contributed by atoms with Gasteiger partial charge in [-0.25, -0.2) is 4.98 Å². The Morgan fingerprint density at radius 1 is 1.60 bits per heavy atom. The van der Waals surface area contributed by atoms with E-state index in [9.17, 15) is 4.79 Å². The van der Waals surface area contributed by atoms with E-state index < -0.39 is 5.97 Å². The lowest BCUT2D eigenvalue weighted by Gasteiger charge is -2.04. The van der Waals surface area contributed by atoms with E-state index in [4.69, 9.17) is 9.84 Å². The fourth-order valence-electron chi connectivity index (χ4n) is 1.52. The predicted octanol–water partition coefficient (Wildman–Crippen LogP) is 1.13. The van der Waals surface area contributed by atoms with E-state index in [1.54, 1.807) is 17.7 Å². The van der Waals surface area contributed by atoms with Crippen LogP contribution in [0.1, 0.15) is 0 Å². The van der Waals surface area contributed by atoms with Gasteiger partial charge in [0.05, 0.1) is 19.0 Å². The van der Waals surface area contributed by atoms with E-state index in [1.807, 2.05) is 12.1 Å². The highest BCUT2D eigenvalue weighted by atomic mass is 16.5. The van der Waals surface area contributed by atoms with Crippen LogP contribution in [0.3, 0.4) is 0 Å². The van der Waals surface area contributed by atoms with Gasteiger partial charge in [-0.2, -0.15) is 0 Å². The summed E-state index contributed by atoms with van der Waals surface area (Å²) in [7, 11) is 1.55. The Morgan fingerprint density at radius 3 is 3.07 bits per heavy atom. The molecular weight excluding hydrogens is 196 g/mol. The van der Waals surface area contributed by atoms with Crippen molar-refractivity contribution in [2.24, 2.45) is 0 Å². The van der Waals surface area contributed by atoms with Gasteiger partial charge in [0.2, 0.25) is 0 Å².